The molecule has 1 heterocycles. The van der Waals surface area contributed by atoms with Crippen LogP contribution in [-0.4, -0.2) is 36.0 Å². The second kappa shape index (κ2) is 14.2. The highest BCUT2D eigenvalue weighted by atomic mass is 35.5. The first-order valence-electron chi connectivity index (χ1n) is 10.7. The number of aromatic nitrogens is 1. The number of amides is 2. The van der Waals surface area contributed by atoms with Crippen molar-refractivity contribution in [1.82, 2.24) is 4.98 Å². The Balaban J connectivity index is 2.27. The summed E-state index contributed by atoms with van der Waals surface area (Å²) in [7, 11) is 0. The van der Waals surface area contributed by atoms with Gasteiger partial charge in [0.05, 0.1) is 35.4 Å². The van der Waals surface area contributed by atoms with Gasteiger partial charge in [-0.3, -0.25) is 9.59 Å². The van der Waals surface area contributed by atoms with Gasteiger partial charge >= 0.3 is 5.97 Å². The second-order valence-electron chi connectivity index (χ2n) is 6.92. The van der Waals surface area contributed by atoms with E-state index in [1.54, 1.807) is 38.1 Å². The van der Waals surface area contributed by atoms with Crippen LogP contribution in [0.3, 0.4) is 0 Å². The van der Waals surface area contributed by atoms with Gasteiger partial charge in [-0.15, -0.1) is 0 Å². The van der Waals surface area contributed by atoms with Crippen LogP contribution in [0.25, 0.3) is 0 Å². The van der Waals surface area contributed by atoms with Gasteiger partial charge in [-0.05, 0) is 50.6 Å². The van der Waals surface area contributed by atoms with Gasteiger partial charge in [-0.25, -0.2) is 9.78 Å². The fourth-order valence-electron chi connectivity index (χ4n) is 2.78. The molecule has 0 radical (unpaired) electrons. The molecule has 0 aliphatic carbocycles. The number of esters is 1. The van der Waals surface area contributed by atoms with Crippen LogP contribution in [0.2, 0.25) is 5.02 Å². The number of nitrogens with one attached hydrogen (secondary N) is 2. The summed E-state index contributed by atoms with van der Waals surface area (Å²) in [6.07, 6.45) is 7.00. The van der Waals surface area contributed by atoms with Crippen LogP contribution in [0.5, 0.6) is 5.75 Å². The number of ether oxygens (including phenoxy) is 2. The van der Waals surface area contributed by atoms with Crippen molar-refractivity contribution in [2.45, 2.75) is 26.7 Å². The monoisotopic (exact) mass is 496 g/mol. The topological polar surface area (TPSA) is 130 Å². The molecule has 0 saturated carbocycles. The SMILES string of the molecule is C/C=C(\C/C=C\CC#N)C(=O)Nc1ccc(OCC(=O)OCC)cc1C(=O)Nc1ccc(Cl)cn1. The van der Waals surface area contributed by atoms with Crippen molar-refractivity contribution in [3.63, 3.8) is 0 Å². The molecule has 2 aromatic rings. The first-order chi connectivity index (χ1) is 16.9. The maximum atomic E-state index is 13.0. The lowest BCUT2D eigenvalue weighted by Gasteiger charge is -2.14. The van der Waals surface area contributed by atoms with E-state index in [-0.39, 0.29) is 42.5 Å². The van der Waals surface area contributed by atoms with Crippen molar-refractivity contribution in [3.05, 3.63) is 70.9 Å². The van der Waals surface area contributed by atoms with Gasteiger partial charge in [0.15, 0.2) is 6.61 Å². The van der Waals surface area contributed by atoms with Crippen molar-refractivity contribution in [1.29, 1.82) is 5.26 Å². The van der Waals surface area contributed by atoms with E-state index < -0.39 is 17.8 Å². The number of benzene rings is 1. The Morgan fingerprint density at radius 3 is 2.63 bits per heavy atom. The molecule has 10 heteroatoms. The van der Waals surface area contributed by atoms with E-state index in [1.165, 1.54) is 30.5 Å². The molecule has 0 aliphatic heterocycles. The molecular weight excluding hydrogens is 472 g/mol. The quantitative estimate of drug-likeness (QED) is 0.262. The highest BCUT2D eigenvalue weighted by molar-refractivity contribution is 6.30. The highest BCUT2D eigenvalue weighted by Gasteiger charge is 2.18. The Bertz CT molecular complexity index is 1150. The fourth-order valence-corrected chi connectivity index (χ4v) is 2.89. The van der Waals surface area contributed by atoms with Gasteiger partial charge in [0.25, 0.3) is 11.8 Å². The molecule has 1 aromatic carbocycles. The Morgan fingerprint density at radius 2 is 1.97 bits per heavy atom. The normalized spacial score (nSPS) is 11.0. The molecule has 0 bridgehead atoms. The maximum Gasteiger partial charge on any atom is 0.344 e. The summed E-state index contributed by atoms with van der Waals surface area (Å²) in [6.45, 7) is 3.28. The fraction of sp³-hybridized carbons (Fsp3) is 0.240. The molecule has 2 amide bonds. The van der Waals surface area contributed by atoms with Gasteiger partial charge in [0, 0.05) is 11.8 Å². The third-order valence-corrected chi connectivity index (χ3v) is 4.69. The van der Waals surface area contributed by atoms with Crippen LogP contribution >= 0.6 is 11.6 Å². The molecule has 0 unspecified atom stereocenters. The number of carbonyl (C=O) groups excluding carboxylic acids is 3. The number of carbonyl (C=O) groups is 3. The van der Waals surface area contributed by atoms with E-state index >= 15 is 0 Å². The average molecular weight is 497 g/mol. The van der Waals surface area contributed by atoms with Crippen LogP contribution in [0, 0.1) is 11.3 Å². The Hall–Kier alpha value is -4.16. The molecule has 2 N–H and O–H groups in total. The molecular formula is C25H25ClN4O5. The van der Waals surface area contributed by atoms with Crippen LogP contribution in [0.4, 0.5) is 11.5 Å². The van der Waals surface area contributed by atoms with Crippen molar-refractivity contribution in [2.24, 2.45) is 0 Å². The van der Waals surface area contributed by atoms with E-state index in [0.29, 0.717) is 17.0 Å². The molecule has 1 aromatic heterocycles. The van der Waals surface area contributed by atoms with Crippen molar-refractivity contribution < 1.29 is 23.9 Å². The molecule has 0 spiro atoms. The predicted molar refractivity (Wildman–Crippen MR) is 132 cm³/mol. The zero-order valence-electron chi connectivity index (χ0n) is 19.3. The standard InChI is InChI=1S/C25H25ClN4O5/c1-3-17(8-6-5-7-13-27)24(32)29-21-11-10-19(35-16-23(31)34-4-2)14-20(21)25(33)30-22-12-9-18(26)15-28-22/h3,5-6,9-12,14-15H,4,7-8,16H2,1-2H3,(H,29,32)(H,28,30,33)/b6-5-,17-3+. The van der Waals surface area contributed by atoms with Gasteiger partial charge in [-0.2, -0.15) is 5.26 Å². The summed E-state index contributed by atoms with van der Waals surface area (Å²) in [5, 5.41) is 14.4. The smallest absolute Gasteiger partial charge is 0.344 e. The zero-order valence-corrected chi connectivity index (χ0v) is 20.1. The number of hydrogen-bond donors (Lipinski definition) is 2. The molecule has 0 saturated heterocycles. The number of nitrogens with zero attached hydrogens (tertiary/aromatic N) is 2. The molecule has 0 aliphatic rings. The summed E-state index contributed by atoms with van der Waals surface area (Å²) in [6, 6.07) is 9.53. The minimum Gasteiger partial charge on any atom is -0.482 e. The summed E-state index contributed by atoms with van der Waals surface area (Å²) < 4.78 is 10.3. The van der Waals surface area contributed by atoms with Crippen LogP contribution < -0.4 is 15.4 Å². The number of allylic oxidation sites excluding steroid dienone is 3. The maximum absolute atomic E-state index is 13.0. The third kappa shape index (κ3) is 8.95. The lowest BCUT2D eigenvalue weighted by molar-refractivity contribution is -0.145. The highest BCUT2D eigenvalue weighted by Crippen LogP contribution is 2.25. The molecule has 35 heavy (non-hydrogen) atoms. The van der Waals surface area contributed by atoms with E-state index in [0.717, 1.165) is 0 Å². The number of nitriles is 1. The molecule has 9 nitrogen and oxygen atoms in total. The third-order valence-electron chi connectivity index (χ3n) is 4.47. The number of halogens is 1. The molecule has 0 fully saturated rings. The molecule has 182 valence electrons. The lowest BCUT2D eigenvalue weighted by Crippen LogP contribution is -2.20. The van der Waals surface area contributed by atoms with Crippen molar-refractivity contribution >= 4 is 40.9 Å². The second-order valence-corrected chi connectivity index (χ2v) is 7.36. The summed E-state index contributed by atoms with van der Waals surface area (Å²) in [5.74, 6) is -1.04. The van der Waals surface area contributed by atoms with E-state index in [2.05, 4.69) is 15.6 Å². The van der Waals surface area contributed by atoms with Crippen LogP contribution in [-0.2, 0) is 14.3 Å². The Kier molecular flexibility index (Phi) is 11.0. The first-order valence-corrected chi connectivity index (χ1v) is 11.1. The number of anilines is 2. The average Bonchev–Trinajstić information content (AvgIpc) is 2.85. The van der Waals surface area contributed by atoms with E-state index in [4.69, 9.17) is 26.3 Å². The number of hydrogen-bond acceptors (Lipinski definition) is 7. The van der Waals surface area contributed by atoms with Gasteiger partial charge in [0.1, 0.15) is 11.6 Å². The summed E-state index contributed by atoms with van der Waals surface area (Å²) in [4.78, 5) is 41.5. The number of pyridine rings is 1. The van der Waals surface area contributed by atoms with Gasteiger partial charge in [-0.1, -0.05) is 29.8 Å². The predicted octanol–water partition coefficient (Wildman–Crippen LogP) is 4.67. The minimum atomic E-state index is -0.562. The molecule has 2 rings (SSSR count). The van der Waals surface area contributed by atoms with Crippen LogP contribution in [0.1, 0.15) is 37.0 Å². The lowest BCUT2D eigenvalue weighted by atomic mass is 10.1. The number of rotatable bonds is 11. The van der Waals surface area contributed by atoms with Crippen molar-refractivity contribution in [2.75, 3.05) is 23.8 Å². The van der Waals surface area contributed by atoms with E-state index in [1.807, 2.05) is 6.07 Å². The van der Waals surface area contributed by atoms with Crippen molar-refractivity contribution in [3.8, 4) is 11.8 Å². The Morgan fingerprint density at radius 1 is 1.17 bits per heavy atom. The minimum absolute atomic E-state index is 0.0898. The summed E-state index contributed by atoms with van der Waals surface area (Å²) in [5.41, 5.74) is 0.768. The summed E-state index contributed by atoms with van der Waals surface area (Å²) >= 11 is 5.85. The first kappa shape index (κ1) is 27.1. The Labute approximate surface area is 208 Å². The zero-order chi connectivity index (χ0) is 25.6. The van der Waals surface area contributed by atoms with Crippen LogP contribution in [0.15, 0.2) is 60.3 Å². The largest absolute Gasteiger partial charge is 0.482 e. The van der Waals surface area contributed by atoms with Gasteiger partial charge in [0.2, 0.25) is 0 Å². The van der Waals surface area contributed by atoms with E-state index in [9.17, 15) is 14.4 Å². The molecule has 0 atom stereocenters. The van der Waals surface area contributed by atoms with Gasteiger partial charge < -0.3 is 20.1 Å².